The molecule has 92 valence electrons. The van der Waals surface area contributed by atoms with Gasteiger partial charge in [-0.1, -0.05) is 33.6 Å². The van der Waals surface area contributed by atoms with Crippen molar-refractivity contribution in [2.45, 2.75) is 65.8 Å². The quantitative estimate of drug-likeness (QED) is 0.771. The molecular weight excluding hydrogens is 200 g/mol. The first kappa shape index (κ1) is 13.1. The van der Waals surface area contributed by atoms with Crippen LogP contribution in [0.5, 0.6) is 5.88 Å². The predicted molar refractivity (Wildman–Crippen MR) is 66.8 cm³/mol. The van der Waals surface area contributed by atoms with Crippen molar-refractivity contribution in [3.8, 4) is 5.88 Å². The van der Waals surface area contributed by atoms with Crippen molar-refractivity contribution in [1.29, 1.82) is 0 Å². The number of unbranched alkanes of at least 4 members (excludes halogenated alkanes) is 2. The summed E-state index contributed by atoms with van der Waals surface area (Å²) in [5, 5.41) is 14.6. The number of aromatic hydroxyl groups is 1. The van der Waals surface area contributed by atoms with Crippen LogP contribution in [-0.2, 0) is 19.4 Å². The molecule has 1 aromatic rings. The Kier molecular flexibility index (Phi) is 5.36. The van der Waals surface area contributed by atoms with Crippen LogP contribution in [0.15, 0.2) is 0 Å². The van der Waals surface area contributed by atoms with E-state index in [1.165, 1.54) is 6.42 Å². The summed E-state index contributed by atoms with van der Waals surface area (Å²) in [7, 11) is 0. The van der Waals surface area contributed by atoms with Gasteiger partial charge in [0, 0.05) is 12.1 Å². The third kappa shape index (κ3) is 3.00. The first-order valence-corrected chi connectivity index (χ1v) is 6.52. The van der Waals surface area contributed by atoms with E-state index in [1.807, 2.05) is 0 Å². The molecule has 0 aromatic carbocycles. The van der Waals surface area contributed by atoms with Gasteiger partial charge < -0.3 is 5.11 Å². The van der Waals surface area contributed by atoms with Gasteiger partial charge in [-0.05, 0) is 25.7 Å². The topological polar surface area (TPSA) is 38.0 Å². The molecule has 16 heavy (non-hydrogen) atoms. The molecule has 0 amide bonds. The van der Waals surface area contributed by atoms with Crippen LogP contribution in [0.25, 0.3) is 0 Å². The van der Waals surface area contributed by atoms with E-state index >= 15 is 0 Å². The van der Waals surface area contributed by atoms with Crippen molar-refractivity contribution in [3.05, 3.63) is 11.3 Å². The summed E-state index contributed by atoms with van der Waals surface area (Å²) in [5.74, 6) is 0.391. The summed E-state index contributed by atoms with van der Waals surface area (Å²) >= 11 is 0. The lowest BCUT2D eigenvalue weighted by Crippen LogP contribution is -2.00. The summed E-state index contributed by atoms with van der Waals surface area (Å²) in [6.07, 6.45) is 6.39. The molecule has 1 aromatic heterocycles. The van der Waals surface area contributed by atoms with Crippen molar-refractivity contribution in [2.24, 2.45) is 0 Å². The number of aromatic nitrogens is 2. The van der Waals surface area contributed by atoms with Crippen molar-refractivity contribution < 1.29 is 5.11 Å². The molecule has 0 aliphatic heterocycles. The molecular formula is C13H24N2O. The van der Waals surface area contributed by atoms with Crippen LogP contribution in [-0.4, -0.2) is 14.9 Å². The van der Waals surface area contributed by atoms with Crippen LogP contribution >= 0.6 is 0 Å². The van der Waals surface area contributed by atoms with E-state index in [4.69, 9.17) is 0 Å². The van der Waals surface area contributed by atoms with Gasteiger partial charge in [0.05, 0.1) is 5.69 Å². The first-order chi connectivity index (χ1) is 7.74. The third-order valence-electron chi connectivity index (χ3n) is 2.95. The zero-order valence-electron chi connectivity index (χ0n) is 10.8. The number of aryl methyl sites for hydroxylation is 2. The Hall–Kier alpha value is -0.990. The predicted octanol–water partition coefficient (Wildman–Crippen LogP) is 3.29. The minimum absolute atomic E-state index is 0.391. The molecule has 1 rings (SSSR count). The molecule has 0 spiro atoms. The molecule has 0 saturated carbocycles. The van der Waals surface area contributed by atoms with Gasteiger partial charge in [0.25, 0.3) is 0 Å². The average molecular weight is 224 g/mol. The minimum Gasteiger partial charge on any atom is -0.493 e. The standard InChI is InChI=1S/C13H24N2O/c1-4-7-9-12-11(6-3)13(16)15(14-12)10-8-5-2/h16H,4-10H2,1-3H3. The Morgan fingerprint density at radius 1 is 1.12 bits per heavy atom. The molecule has 0 radical (unpaired) electrons. The molecule has 1 heterocycles. The molecule has 0 aliphatic carbocycles. The average Bonchev–Trinajstić information content (AvgIpc) is 2.60. The highest BCUT2D eigenvalue weighted by Gasteiger charge is 2.14. The number of hydrogen-bond acceptors (Lipinski definition) is 2. The highest BCUT2D eigenvalue weighted by molar-refractivity contribution is 5.30. The smallest absolute Gasteiger partial charge is 0.212 e. The van der Waals surface area contributed by atoms with Crippen LogP contribution in [0.2, 0.25) is 0 Å². The Labute approximate surface area is 98.5 Å². The highest BCUT2D eigenvalue weighted by atomic mass is 16.3. The number of hydrogen-bond donors (Lipinski definition) is 1. The molecule has 1 N–H and O–H groups in total. The van der Waals surface area contributed by atoms with E-state index in [-0.39, 0.29) is 0 Å². The number of nitrogens with zero attached hydrogens (tertiary/aromatic N) is 2. The van der Waals surface area contributed by atoms with Gasteiger partial charge >= 0.3 is 0 Å². The molecule has 0 unspecified atom stereocenters. The van der Waals surface area contributed by atoms with E-state index in [9.17, 15) is 5.11 Å². The summed E-state index contributed by atoms with van der Waals surface area (Å²) < 4.78 is 1.77. The number of rotatable bonds is 7. The maximum absolute atomic E-state index is 10.0. The van der Waals surface area contributed by atoms with Crippen LogP contribution in [0.3, 0.4) is 0 Å². The van der Waals surface area contributed by atoms with Gasteiger partial charge in [-0.2, -0.15) is 5.10 Å². The minimum atomic E-state index is 0.391. The van der Waals surface area contributed by atoms with Gasteiger partial charge in [0.1, 0.15) is 0 Å². The Balaban J connectivity index is 2.81. The lowest BCUT2D eigenvalue weighted by molar-refractivity contribution is 0.389. The van der Waals surface area contributed by atoms with E-state index < -0.39 is 0 Å². The van der Waals surface area contributed by atoms with E-state index in [1.54, 1.807) is 4.68 Å². The molecule has 0 aliphatic rings. The molecule has 0 bridgehead atoms. The SMILES string of the molecule is CCCCc1nn(CCCC)c(O)c1CC. The summed E-state index contributed by atoms with van der Waals surface area (Å²) in [6, 6.07) is 0. The van der Waals surface area contributed by atoms with Crippen molar-refractivity contribution in [1.82, 2.24) is 9.78 Å². The fourth-order valence-corrected chi connectivity index (χ4v) is 1.91. The zero-order valence-corrected chi connectivity index (χ0v) is 10.8. The van der Waals surface area contributed by atoms with E-state index in [0.29, 0.717) is 5.88 Å². The van der Waals surface area contributed by atoms with Crippen molar-refractivity contribution >= 4 is 0 Å². The first-order valence-electron chi connectivity index (χ1n) is 6.52. The second-order valence-corrected chi connectivity index (χ2v) is 4.28. The van der Waals surface area contributed by atoms with Crippen molar-refractivity contribution in [2.75, 3.05) is 0 Å². The van der Waals surface area contributed by atoms with E-state index in [2.05, 4.69) is 25.9 Å². The summed E-state index contributed by atoms with van der Waals surface area (Å²) in [6.45, 7) is 7.25. The normalized spacial score (nSPS) is 10.9. The monoisotopic (exact) mass is 224 g/mol. The third-order valence-corrected chi connectivity index (χ3v) is 2.95. The van der Waals surface area contributed by atoms with Crippen LogP contribution in [0.1, 0.15) is 57.7 Å². The zero-order chi connectivity index (χ0) is 12.0. The molecule has 3 heteroatoms. The summed E-state index contributed by atoms with van der Waals surface area (Å²) in [5.41, 5.74) is 2.14. The lowest BCUT2D eigenvalue weighted by atomic mass is 10.1. The van der Waals surface area contributed by atoms with Crippen LogP contribution < -0.4 is 0 Å². The highest BCUT2D eigenvalue weighted by Crippen LogP contribution is 2.23. The van der Waals surface area contributed by atoms with Crippen LogP contribution in [0, 0.1) is 0 Å². The largest absolute Gasteiger partial charge is 0.493 e. The van der Waals surface area contributed by atoms with Gasteiger partial charge in [-0.25, -0.2) is 4.68 Å². The molecule has 0 fully saturated rings. The van der Waals surface area contributed by atoms with Crippen LogP contribution in [0.4, 0.5) is 0 Å². The van der Waals surface area contributed by atoms with Gasteiger partial charge in [-0.3, -0.25) is 0 Å². The summed E-state index contributed by atoms with van der Waals surface area (Å²) in [4.78, 5) is 0. The van der Waals surface area contributed by atoms with E-state index in [0.717, 1.165) is 49.9 Å². The van der Waals surface area contributed by atoms with Gasteiger partial charge in [0.15, 0.2) is 0 Å². The Bertz CT molecular complexity index is 318. The van der Waals surface area contributed by atoms with Crippen molar-refractivity contribution in [3.63, 3.8) is 0 Å². The maximum atomic E-state index is 10.0. The van der Waals surface area contributed by atoms with Gasteiger partial charge in [0.2, 0.25) is 5.88 Å². The Morgan fingerprint density at radius 2 is 1.81 bits per heavy atom. The maximum Gasteiger partial charge on any atom is 0.212 e. The Morgan fingerprint density at radius 3 is 2.38 bits per heavy atom. The molecule has 3 nitrogen and oxygen atoms in total. The second-order valence-electron chi connectivity index (χ2n) is 4.28. The fourth-order valence-electron chi connectivity index (χ4n) is 1.91. The fraction of sp³-hybridized carbons (Fsp3) is 0.769. The second kappa shape index (κ2) is 6.56. The lowest BCUT2D eigenvalue weighted by Gasteiger charge is -2.01. The van der Waals surface area contributed by atoms with Gasteiger partial charge in [-0.15, -0.1) is 0 Å². The molecule has 0 atom stereocenters. The molecule has 0 saturated heterocycles.